The zero-order chi connectivity index (χ0) is 18.4. The first-order valence-corrected chi connectivity index (χ1v) is 8.57. The Morgan fingerprint density at radius 2 is 2.00 bits per heavy atom. The second kappa shape index (κ2) is 8.59. The van der Waals surface area contributed by atoms with Crippen LogP contribution in [-0.4, -0.2) is 38.7 Å². The number of thiocarbonyl (C=S) groups is 1. The van der Waals surface area contributed by atoms with Crippen LogP contribution < -0.4 is 4.74 Å². The van der Waals surface area contributed by atoms with Crippen LogP contribution in [0.3, 0.4) is 0 Å². The summed E-state index contributed by atoms with van der Waals surface area (Å²) in [4.78, 5) is 35.4. The number of aliphatic carboxylic acids is 1. The van der Waals surface area contributed by atoms with Gasteiger partial charge in [0, 0.05) is 6.42 Å². The van der Waals surface area contributed by atoms with Crippen molar-refractivity contribution in [2.75, 3.05) is 6.54 Å². The number of carbonyl (C=O) groups is 3. The van der Waals surface area contributed by atoms with Gasteiger partial charge in [-0.05, 0) is 23.8 Å². The van der Waals surface area contributed by atoms with E-state index in [0.29, 0.717) is 17.1 Å². The molecule has 1 saturated heterocycles. The van der Waals surface area contributed by atoms with Crippen molar-refractivity contribution < 1.29 is 24.2 Å². The first-order chi connectivity index (χ1) is 11.9. The summed E-state index contributed by atoms with van der Waals surface area (Å²) in [6.45, 7) is 1.28. The molecule has 8 heteroatoms. The van der Waals surface area contributed by atoms with E-state index >= 15 is 0 Å². The summed E-state index contributed by atoms with van der Waals surface area (Å²) < 4.78 is 5.31. The Morgan fingerprint density at radius 1 is 1.32 bits per heavy atom. The van der Waals surface area contributed by atoms with Gasteiger partial charge in [0.25, 0.3) is 5.91 Å². The lowest BCUT2D eigenvalue weighted by molar-refractivity contribution is -0.140. The van der Waals surface area contributed by atoms with Crippen molar-refractivity contribution in [2.24, 2.45) is 0 Å². The largest absolute Gasteiger partial charge is 0.480 e. The summed E-state index contributed by atoms with van der Waals surface area (Å²) in [5.41, 5.74) is 0.855. The third-order valence-electron chi connectivity index (χ3n) is 3.10. The van der Waals surface area contributed by atoms with Gasteiger partial charge in [0.2, 0.25) is 0 Å². The lowest BCUT2D eigenvalue weighted by Crippen LogP contribution is -2.33. The van der Waals surface area contributed by atoms with Crippen LogP contribution >= 0.6 is 24.0 Å². The van der Waals surface area contributed by atoms with Crippen molar-refractivity contribution in [1.82, 2.24) is 4.90 Å². The molecule has 0 unspecified atom stereocenters. The van der Waals surface area contributed by atoms with Crippen molar-refractivity contribution in [2.45, 2.75) is 13.3 Å². The number of hydrogen-bond donors (Lipinski definition) is 1. The fraction of sp³-hybridized carbons (Fsp3) is 0.176. The number of carboxylic acids is 1. The third-order valence-corrected chi connectivity index (χ3v) is 4.50. The number of esters is 1. The summed E-state index contributed by atoms with van der Waals surface area (Å²) in [6.07, 6.45) is 5.35. The number of amides is 1. The molecule has 0 radical (unpaired) electrons. The number of carbonyl (C=O) groups excluding carboxylic acids is 2. The standard InChI is InChI=1S/C17H15NO5S2/c1-2-15(21)23-12-8-6-11(7-9-12)4-3-5-13-16(22)18(10-14(19)20)17(24)25-13/h3-9H,2,10H2,1H3,(H,19,20)/b4-3+,13-5-. The van der Waals surface area contributed by atoms with Gasteiger partial charge in [-0.1, -0.05) is 55.2 Å². The molecule has 1 fully saturated rings. The van der Waals surface area contributed by atoms with Crippen LogP contribution in [0.4, 0.5) is 0 Å². The lowest BCUT2D eigenvalue weighted by Gasteiger charge is -2.09. The summed E-state index contributed by atoms with van der Waals surface area (Å²) >= 11 is 6.08. The number of thioether (sulfide) groups is 1. The molecule has 6 nitrogen and oxygen atoms in total. The van der Waals surface area contributed by atoms with Gasteiger partial charge >= 0.3 is 11.9 Å². The normalized spacial score (nSPS) is 16.0. The molecule has 0 aliphatic carbocycles. The maximum atomic E-state index is 12.1. The molecule has 0 saturated carbocycles. The number of benzene rings is 1. The molecule has 2 rings (SSSR count). The highest BCUT2D eigenvalue weighted by atomic mass is 32.2. The predicted octanol–water partition coefficient (Wildman–Crippen LogP) is 2.84. The van der Waals surface area contributed by atoms with Gasteiger partial charge in [-0.2, -0.15) is 0 Å². The van der Waals surface area contributed by atoms with Gasteiger partial charge in [0.15, 0.2) is 0 Å². The average molecular weight is 377 g/mol. The summed E-state index contributed by atoms with van der Waals surface area (Å²) in [7, 11) is 0. The summed E-state index contributed by atoms with van der Waals surface area (Å²) in [5, 5.41) is 8.79. The minimum atomic E-state index is -1.11. The first-order valence-electron chi connectivity index (χ1n) is 7.35. The number of nitrogens with zero attached hydrogens (tertiary/aromatic N) is 1. The van der Waals surface area contributed by atoms with Gasteiger partial charge in [0.05, 0.1) is 4.91 Å². The molecule has 1 aliphatic rings. The third kappa shape index (κ3) is 5.27. The van der Waals surface area contributed by atoms with E-state index in [0.717, 1.165) is 22.2 Å². The summed E-state index contributed by atoms with van der Waals surface area (Å²) in [6, 6.07) is 6.91. The van der Waals surface area contributed by atoms with E-state index in [9.17, 15) is 14.4 Å². The minimum Gasteiger partial charge on any atom is -0.480 e. The fourth-order valence-electron chi connectivity index (χ4n) is 1.88. The van der Waals surface area contributed by atoms with Crippen LogP contribution in [0.15, 0.2) is 41.3 Å². The number of ether oxygens (including phenoxy) is 1. The molecule has 0 bridgehead atoms. The van der Waals surface area contributed by atoms with Crippen LogP contribution in [0.5, 0.6) is 5.75 Å². The van der Waals surface area contributed by atoms with Crippen LogP contribution in [0.2, 0.25) is 0 Å². The van der Waals surface area contributed by atoms with Crippen molar-refractivity contribution >= 4 is 52.2 Å². The van der Waals surface area contributed by atoms with Crippen molar-refractivity contribution in [3.05, 3.63) is 46.9 Å². The maximum Gasteiger partial charge on any atom is 0.323 e. The van der Waals surface area contributed by atoms with Crippen LogP contribution in [0.25, 0.3) is 6.08 Å². The topological polar surface area (TPSA) is 83.9 Å². The number of carboxylic acid groups (broad SMARTS) is 1. The van der Waals surface area contributed by atoms with Crippen LogP contribution in [0.1, 0.15) is 18.9 Å². The quantitative estimate of drug-likeness (QED) is 0.353. The number of hydrogen-bond acceptors (Lipinski definition) is 6. The van der Waals surface area contributed by atoms with E-state index in [4.69, 9.17) is 22.1 Å². The van der Waals surface area contributed by atoms with Gasteiger partial charge in [-0.15, -0.1) is 0 Å². The van der Waals surface area contributed by atoms with Gasteiger partial charge in [0.1, 0.15) is 16.6 Å². The lowest BCUT2D eigenvalue weighted by atomic mass is 10.2. The second-order valence-electron chi connectivity index (χ2n) is 4.94. The Morgan fingerprint density at radius 3 is 2.60 bits per heavy atom. The zero-order valence-electron chi connectivity index (χ0n) is 13.3. The molecular weight excluding hydrogens is 362 g/mol. The molecule has 1 aromatic rings. The Hall–Kier alpha value is -2.45. The highest BCUT2D eigenvalue weighted by Crippen LogP contribution is 2.30. The highest BCUT2D eigenvalue weighted by Gasteiger charge is 2.32. The van der Waals surface area contributed by atoms with E-state index in [1.165, 1.54) is 0 Å². The van der Waals surface area contributed by atoms with E-state index in [-0.39, 0.29) is 10.3 Å². The predicted molar refractivity (Wildman–Crippen MR) is 99.0 cm³/mol. The molecule has 1 aliphatic heterocycles. The smallest absolute Gasteiger partial charge is 0.323 e. The SMILES string of the molecule is CCC(=O)Oc1ccc(/C=C/C=C2\SC(=S)N(CC(=O)O)C2=O)cc1. The van der Waals surface area contributed by atoms with Crippen molar-refractivity contribution in [3.8, 4) is 5.75 Å². The first kappa shape index (κ1) is 18.9. The monoisotopic (exact) mass is 377 g/mol. The molecule has 0 spiro atoms. The average Bonchev–Trinajstić information content (AvgIpc) is 2.83. The summed E-state index contributed by atoms with van der Waals surface area (Å²) in [5.74, 6) is -1.36. The Balaban J connectivity index is 2.01. The van der Waals surface area contributed by atoms with Crippen molar-refractivity contribution in [3.63, 3.8) is 0 Å². The number of rotatable bonds is 6. The molecule has 130 valence electrons. The molecule has 0 atom stereocenters. The molecule has 1 amide bonds. The minimum absolute atomic E-state index is 0.231. The molecule has 1 heterocycles. The second-order valence-corrected chi connectivity index (χ2v) is 6.62. The zero-order valence-corrected chi connectivity index (χ0v) is 14.9. The van der Waals surface area contributed by atoms with E-state index in [2.05, 4.69) is 0 Å². The van der Waals surface area contributed by atoms with E-state index < -0.39 is 18.4 Å². The van der Waals surface area contributed by atoms with E-state index in [1.54, 1.807) is 49.4 Å². The van der Waals surface area contributed by atoms with Crippen LogP contribution in [-0.2, 0) is 14.4 Å². The Bertz CT molecular complexity index is 768. The molecule has 0 aromatic heterocycles. The Labute approximate surface area is 154 Å². The van der Waals surface area contributed by atoms with Gasteiger partial charge in [-0.3, -0.25) is 19.3 Å². The molecular formula is C17H15NO5S2. The number of allylic oxidation sites excluding steroid dienone is 2. The Kier molecular flexibility index (Phi) is 6.49. The van der Waals surface area contributed by atoms with Crippen LogP contribution in [0, 0.1) is 0 Å². The molecule has 1 N–H and O–H groups in total. The molecule has 1 aromatic carbocycles. The van der Waals surface area contributed by atoms with Gasteiger partial charge < -0.3 is 9.84 Å². The maximum absolute atomic E-state index is 12.1. The fourth-order valence-corrected chi connectivity index (χ4v) is 3.09. The van der Waals surface area contributed by atoms with E-state index in [1.807, 2.05) is 0 Å². The van der Waals surface area contributed by atoms with Gasteiger partial charge in [-0.25, -0.2) is 0 Å². The molecule has 25 heavy (non-hydrogen) atoms. The highest BCUT2D eigenvalue weighted by molar-refractivity contribution is 8.26. The van der Waals surface area contributed by atoms with Crippen molar-refractivity contribution in [1.29, 1.82) is 0 Å².